The van der Waals surface area contributed by atoms with Crippen molar-refractivity contribution < 1.29 is 22.7 Å². The number of carbonyl (C=O) groups is 1. The molecule has 166 valence electrons. The second-order valence-corrected chi connectivity index (χ2v) is 7.12. The van der Waals surface area contributed by atoms with Gasteiger partial charge in [-0.15, -0.1) is 13.2 Å². The topological polar surface area (TPSA) is 74.8 Å². The molecule has 0 saturated heterocycles. The number of hydrogen-bond acceptors (Lipinski definition) is 3. The molecule has 3 rings (SSSR count). The average Bonchev–Trinajstić information content (AvgIpc) is 2.72. The third-order valence-corrected chi connectivity index (χ3v) is 4.78. The van der Waals surface area contributed by atoms with Gasteiger partial charge >= 0.3 is 6.36 Å². The zero-order chi connectivity index (χ0) is 22.3. The van der Waals surface area contributed by atoms with Crippen LogP contribution in [0.5, 0.6) is 5.75 Å². The first kappa shape index (κ1) is 22.5. The lowest BCUT2D eigenvalue weighted by molar-refractivity contribution is -0.274. The lowest BCUT2D eigenvalue weighted by Gasteiger charge is -2.24. The fraction of sp³-hybridized carbons (Fsp3) is 0.364. The van der Waals surface area contributed by atoms with E-state index in [0.717, 1.165) is 16.8 Å². The molecule has 1 unspecified atom stereocenters. The zero-order valence-corrected chi connectivity index (χ0v) is 17.1. The summed E-state index contributed by atoms with van der Waals surface area (Å²) in [6.45, 7) is 3.65. The number of aliphatic imine (C=N–C) groups is 1. The molecule has 9 heteroatoms. The summed E-state index contributed by atoms with van der Waals surface area (Å²) in [5.41, 5.74) is 2.77. The summed E-state index contributed by atoms with van der Waals surface area (Å²) in [5.74, 6) is 0.371. The molecule has 2 aromatic rings. The highest BCUT2D eigenvalue weighted by atomic mass is 19.4. The summed E-state index contributed by atoms with van der Waals surface area (Å²) in [6, 6.07) is 13.5. The maximum Gasteiger partial charge on any atom is 0.573 e. The van der Waals surface area contributed by atoms with E-state index in [9.17, 15) is 18.0 Å². The summed E-state index contributed by atoms with van der Waals surface area (Å²) >= 11 is 0. The summed E-state index contributed by atoms with van der Waals surface area (Å²) in [5, 5.41) is 9.28. The van der Waals surface area contributed by atoms with Crippen molar-refractivity contribution in [3.8, 4) is 5.75 Å². The molecule has 1 atom stereocenters. The Morgan fingerprint density at radius 3 is 2.61 bits per heavy atom. The Labute approximate surface area is 178 Å². The van der Waals surface area contributed by atoms with Crippen molar-refractivity contribution in [2.45, 2.75) is 32.0 Å². The standard InChI is InChI=1S/C22H25F3N4O2/c1-2-26-21(27-12-11-15-7-9-17(10-8-15)31-22(23,24)25)28-14-16-13-20(30)29-19-6-4-3-5-18(16)19/h3-10,16H,2,11-14H2,1H3,(H,29,30)(H2,26,27,28). The number of hydrogen-bond donors (Lipinski definition) is 3. The van der Waals surface area contributed by atoms with Gasteiger partial charge in [0.1, 0.15) is 5.75 Å². The number of fused-ring (bicyclic) bond motifs is 1. The molecule has 0 saturated carbocycles. The summed E-state index contributed by atoms with van der Waals surface area (Å²) in [7, 11) is 0. The highest BCUT2D eigenvalue weighted by Gasteiger charge is 2.31. The van der Waals surface area contributed by atoms with Crippen LogP contribution in [0.3, 0.4) is 0 Å². The second-order valence-electron chi connectivity index (χ2n) is 7.12. The predicted octanol–water partition coefficient (Wildman–Crippen LogP) is 3.81. The molecule has 0 aliphatic carbocycles. The van der Waals surface area contributed by atoms with Crippen LogP contribution in [-0.2, 0) is 11.2 Å². The minimum absolute atomic E-state index is 0.00147. The Balaban J connectivity index is 1.55. The molecule has 6 nitrogen and oxygen atoms in total. The second kappa shape index (κ2) is 10.2. The molecular formula is C22H25F3N4O2. The Morgan fingerprint density at radius 1 is 1.16 bits per heavy atom. The lowest BCUT2D eigenvalue weighted by Crippen LogP contribution is -2.38. The molecule has 0 spiro atoms. The van der Waals surface area contributed by atoms with Crippen molar-refractivity contribution in [3.63, 3.8) is 0 Å². The Kier molecular flexibility index (Phi) is 7.38. The average molecular weight is 434 g/mol. The molecular weight excluding hydrogens is 409 g/mol. The monoisotopic (exact) mass is 434 g/mol. The molecule has 3 N–H and O–H groups in total. The van der Waals surface area contributed by atoms with Crippen molar-refractivity contribution in [1.29, 1.82) is 0 Å². The number of anilines is 1. The maximum absolute atomic E-state index is 12.2. The molecule has 2 aromatic carbocycles. The van der Waals surface area contributed by atoms with Crippen molar-refractivity contribution >= 4 is 17.6 Å². The SMILES string of the molecule is CCNC(=NCC1CC(=O)Nc2ccccc21)NCCc1ccc(OC(F)(F)F)cc1. The number of ether oxygens (including phenoxy) is 1. The van der Waals surface area contributed by atoms with E-state index in [1.807, 2.05) is 31.2 Å². The van der Waals surface area contributed by atoms with Crippen LogP contribution >= 0.6 is 0 Å². The number of benzene rings is 2. The maximum atomic E-state index is 12.2. The molecule has 1 amide bonds. The Morgan fingerprint density at radius 2 is 1.90 bits per heavy atom. The third-order valence-electron chi connectivity index (χ3n) is 4.78. The van der Waals surface area contributed by atoms with Gasteiger partial charge in [-0.2, -0.15) is 0 Å². The van der Waals surface area contributed by atoms with Crippen LogP contribution in [0.4, 0.5) is 18.9 Å². The number of rotatable bonds is 7. The van der Waals surface area contributed by atoms with Crippen molar-refractivity contribution in [2.24, 2.45) is 4.99 Å². The van der Waals surface area contributed by atoms with Gasteiger partial charge in [-0.05, 0) is 42.7 Å². The van der Waals surface area contributed by atoms with Gasteiger partial charge in [0, 0.05) is 31.1 Å². The van der Waals surface area contributed by atoms with Crippen LogP contribution in [0.2, 0.25) is 0 Å². The van der Waals surface area contributed by atoms with E-state index >= 15 is 0 Å². The van der Waals surface area contributed by atoms with Gasteiger partial charge in [0.2, 0.25) is 5.91 Å². The summed E-state index contributed by atoms with van der Waals surface area (Å²) < 4.78 is 40.6. The fourth-order valence-corrected chi connectivity index (χ4v) is 3.39. The number of carbonyl (C=O) groups excluding carboxylic acids is 1. The van der Waals surface area contributed by atoms with E-state index in [-0.39, 0.29) is 17.6 Å². The van der Waals surface area contributed by atoms with Gasteiger partial charge < -0.3 is 20.7 Å². The molecule has 31 heavy (non-hydrogen) atoms. The first-order valence-electron chi connectivity index (χ1n) is 10.1. The minimum Gasteiger partial charge on any atom is -0.406 e. The van der Waals surface area contributed by atoms with Crippen molar-refractivity contribution in [2.75, 3.05) is 25.0 Å². The number of nitrogens with one attached hydrogen (secondary N) is 3. The highest BCUT2D eigenvalue weighted by molar-refractivity contribution is 5.94. The van der Waals surface area contributed by atoms with Crippen LogP contribution in [0.25, 0.3) is 0 Å². The summed E-state index contributed by atoms with van der Waals surface area (Å²) in [6.07, 6.45) is -3.71. The first-order chi connectivity index (χ1) is 14.8. The zero-order valence-electron chi connectivity index (χ0n) is 17.1. The van der Waals surface area contributed by atoms with Crippen LogP contribution in [0.15, 0.2) is 53.5 Å². The predicted molar refractivity (Wildman–Crippen MR) is 113 cm³/mol. The van der Waals surface area contributed by atoms with Gasteiger partial charge in [-0.3, -0.25) is 9.79 Å². The van der Waals surface area contributed by atoms with Gasteiger partial charge in [-0.25, -0.2) is 0 Å². The lowest BCUT2D eigenvalue weighted by atomic mass is 9.91. The van der Waals surface area contributed by atoms with E-state index in [2.05, 4.69) is 25.7 Å². The normalized spacial score (nSPS) is 16.3. The molecule has 0 aromatic heterocycles. The number of halogens is 3. The smallest absolute Gasteiger partial charge is 0.406 e. The largest absolute Gasteiger partial charge is 0.573 e. The molecule has 0 fully saturated rings. The third kappa shape index (κ3) is 6.91. The molecule has 1 aliphatic heterocycles. The first-order valence-corrected chi connectivity index (χ1v) is 10.1. The van der Waals surface area contributed by atoms with Crippen molar-refractivity contribution in [1.82, 2.24) is 10.6 Å². The van der Waals surface area contributed by atoms with Gasteiger partial charge in [-0.1, -0.05) is 30.3 Å². The summed E-state index contributed by atoms with van der Waals surface area (Å²) in [4.78, 5) is 16.6. The number of alkyl halides is 3. The minimum atomic E-state index is -4.69. The van der Waals surface area contributed by atoms with E-state index in [4.69, 9.17) is 0 Å². The molecule has 1 aliphatic rings. The Bertz CT molecular complexity index is 914. The number of nitrogens with zero attached hydrogens (tertiary/aromatic N) is 1. The van der Waals surface area contributed by atoms with E-state index < -0.39 is 6.36 Å². The van der Waals surface area contributed by atoms with Gasteiger partial charge in [0.15, 0.2) is 5.96 Å². The van der Waals surface area contributed by atoms with Gasteiger partial charge in [0.05, 0.1) is 6.54 Å². The fourth-order valence-electron chi connectivity index (χ4n) is 3.39. The Hall–Kier alpha value is -3.23. The van der Waals surface area contributed by atoms with E-state index in [1.165, 1.54) is 12.1 Å². The van der Waals surface area contributed by atoms with Crippen LogP contribution in [0, 0.1) is 0 Å². The van der Waals surface area contributed by atoms with Crippen LogP contribution in [0.1, 0.15) is 30.4 Å². The number of para-hydroxylation sites is 1. The van der Waals surface area contributed by atoms with E-state index in [1.54, 1.807) is 12.1 Å². The van der Waals surface area contributed by atoms with Crippen molar-refractivity contribution in [3.05, 3.63) is 59.7 Å². The molecule has 0 radical (unpaired) electrons. The van der Waals surface area contributed by atoms with Gasteiger partial charge in [0.25, 0.3) is 0 Å². The van der Waals surface area contributed by atoms with Crippen LogP contribution < -0.4 is 20.7 Å². The van der Waals surface area contributed by atoms with E-state index in [0.29, 0.717) is 38.4 Å². The quantitative estimate of drug-likeness (QED) is 0.458. The number of guanidine groups is 1. The number of amides is 1. The molecule has 0 bridgehead atoms. The van der Waals surface area contributed by atoms with Crippen LogP contribution in [-0.4, -0.2) is 37.9 Å². The molecule has 1 heterocycles. The highest BCUT2D eigenvalue weighted by Crippen LogP contribution is 2.32.